The van der Waals surface area contributed by atoms with E-state index in [9.17, 15) is 4.79 Å². The van der Waals surface area contributed by atoms with Crippen molar-refractivity contribution >= 4 is 6.29 Å². The van der Waals surface area contributed by atoms with E-state index < -0.39 is 0 Å². The second kappa shape index (κ2) is 6.79. The van der Waals surface area contributed by atoms with Gasteiger partial charge in [0.15, 0.2) is 11.5 Å². The van der Waals surface area contributed by atoms with Gasteiger partial charge < -0.3 is 13.9 Å². The van der Waals surface area contributed by atoms with Crippen LogP contribution in [0.2, 0.25) is 0 Å². The van der Waals surface area contributed by atoms with Crippen LogP contribution in [0.3, 0.4) is 0 Å². The number of methoxy groups -OCH3 is 1. The first-order valence-electron chi connectivity index (χ1n) is 7.06. The second-order valence-electron chi connectivity index (χ2n) is 4.83. The third-order valence-electron chi connectivity index (χ3n) is 3.27. The highest BCUT2D eigenvalue weighted by Crippen LogP contribution is 2.28. The average Bonchev–Trinajstić information content (AvgIpc) is 3.09. The van der Waals surface area contributed by atoms with Crippen LogP contribution >= 0.6 is 0 Å². The van der Waals surface area contributed by atoms with Crippen molar-refractivity contribution in [2.45, 2.75) is 6.61 Å². The number of aromatic nitrogens is 1. The number of oxazole rings is 1. The fourth-order valence-corrected chi connectivity index (χ4v) is 2.12. The molecular formula is C18H15NO4. The highest BCUT2D eigenvalue weighted by Gasteiger charge is 2.09. The van der Waals surface area contributed by atoms with E-state index in [-0.39, 0.29) is 6.61 Å². The lowest BCUT2D eigenvalue weighted by Gasteiger charge is -2.09. The lowest BCUT2D eigenvalue weighted by atomic mass is 10.2. The van der Waals surface area contributed by atoms with Crippen molar-refractivity contribution in [2.24, 2.45) is 0 Å². The Morgan fingerprint density at radius 2 is 1.96 bits per heavy atom. The largest absolute Gasteiger partial charge is 0.493 e. The zero-order valence-corrected chi connectivity index (χ0v) is 12.6. The molecule has 3 rings (SSSR count). The van der Waals surface area contributed by atoms with E-state index >= 15 is 0 Å². The predicted octanol–water partition coefficient (Wildman–Crippen LogP) is 3.74. The van der Waals surface area contributed by atoms with E-state index in [1.165, 1.54) is 7.11 Å². The molecule has 0 aliphatic heterocycles. The Bertz CT molecular complexity index is 796. The summed E-state index contributed by atoms with van der Waals surface area (Å²) in [5, 5.41) is 0. The molecule has 1 aromatic heterocycles. The van der Waals surface area contributed by atoms with Crippen LogP contribution in [0.1, 0.15) is 16.1 Å². The fraction of sp³-hybridized carbons (Fsp3) is 0.111. The van der Waals surface area contributed by atoms with Gasteiger partial charge in [-0.1, -0.05) is 18.2 Å². The molecule has 0 aliphatic carbocycles. The molecule has 0 aliphatic rings. The first-order chi connectivity index (χ1) is 11.3. The van der Waals surface area contributed by atoms with Crippen molar-refractivity contribution in [3.8, 4) is 23.0 Å². The number of hydrogen-bond acceptors (Lipinski definition) is 5. The lowest BCUT2D eigenvalue weighted by Crippen LogP contribution is -1.98. The maximum atomic E-state index is 10.8. The van der Waals surface area contributed by atoms with Crippen molar-refractivity contribution < 1.29 is 18.7 Å². The average molecular weight is 309 g/mol. The second-order valence-corrected chi connectivity index (χ2v) is 4.83. The van der Waals surface area contributed by atoms with E-state index in [2.05, 4.69) is 4.98 Å². The predicted molar refractivity (Wildman–Crippen MR) is 84.7 cm³/mol. The molecule has 23 heavy (non-hydrogen) atoms. The van der Waals surface area contributed by atoms with E-state index in [1.54, 1.807) is 24.5 Å². The molecule has 0 spiro atoms. The van der Waals surface area contributed by atoms with Crippen LogP contribution in [0.5, 0.6) is 11.5 Å². The number of benzene rings is 2. The summed E-state index contributed by atoms with van der Waals surface area (Å²) in [6.07, 6.45) is 2.32. The number of aldehydes is 1. The van der Waals surface area contributed by atoms with Crippen LogP contribution in [-0.2, 0) is 6.61 Å². The molecule has 0 N–H and O–H groups in total. The number of rotatable bonds is 6. The summed E-state index contributed by atoms with van der Waals surface area (Å²) in [7, 11) is 1.53. The minimum absolute atomic E-state index is 0.243. The molecule has 2 aromatic carbocycles. The maximum absolute atomic E-state index is 10.8. The van der Waals surface area contributed by atoms with Gasteiger partial charge in [-0.2, -0.15) is 0 Å². The summed E-state index contributed by atoms with van der Waals surface area (Å²) in [5.74, 6) is 1.59. The van der Waals surface area contributed by atoms with Crippen molar-refractivity contribution in [2.75, 3.05) is 7.11 Å². The summed E-state index contributed by atoms with van der Waals surface area (Å²) in [6.45, 7) is 0.243. The van der Waals surface area contributed by atoms with Gasteiger partial charge in [0.2, 0.25) is 5.89 Å². The van der Waals surface area contributed by atoms with Gasteiger partial charge in [-0.3, -0.25) is 4.79 Å². The van der Waals surface area contributed by atoms with Gasteiger partial charge in [-0.25, -0.2) is 4.98 Å². The Morgan fingerprint density at radius 1 is 1.13 bits per heavy atom. The van der Waals surface area contributed by atoms with Crippen LogP contribution in [0.15, 0.2) is 59.2 Å². The molecular weight excluding hydrogens is 294 g/mol. The van der Waals surface area contributed by atoms with Gasteiger partial charge in [0.05, 0.1) is 7.11 Å². The Kier molecular flexibility index (Phi) is 4.38. The van der Waals surface area contributed by atoms with Crippen molar-refractivity contribution in [1.82, 2.24) is 4.98 Å². The van der Waals surface area contributed by atoms with Gasteiger partial charge in [0.1, 0.15) is 24.9 Å². The summed E-state index contributed by atoms with van der Waals surface area (Å²) in [5.41, 5.74) is 2.11. The highest BCUT2D eigenvalue weighted by atomic mass is 16.5. The molecule has 1 heterocycles. The van der Waals surface area contributed by atoms with E-state index in [0.717, 1.165) is 11.8 Å². The van der Waals surface area contributed by atoms with Gasteiger partial charge in [0, 0.05) is 11.1 Å². The molecule has 0 amide bonds. The molecule has 0 radical (unpaired) electrons. The third kappa shape index (κ3) is 3.40. The van der Waals surface area contributed by atoms with Gasteiger partial charge in [-0.05, 0) is 30.3 Å². The SMILES string of the molecule is COc1cc(C=O)ccc1OCc1coc(-c2ccccc2)n1. The lowest BCUT2D eigenvalue weighted by molar-refractivity contribution is 0.112. The molecule has 5 heteroatoms. The van der Waals surface area contributed by atoms with E-state index in [4.69, 9.17) is 13.9 Å². The normalized spacial score (nSPS) is 10.3. The summed E-state index contributed by atoms with van der Waals surface area (Å²) >= 11 is 0. The zero-order chi connectivity index (χ0) is 16.1. The number of carbonyl (C=O) groups excluding carboxylic acids is 1. The highest BCUT2D eigenvalue weighted by molar-refractivity contribution is 5.76. The van der Waals surface area contributed by atoms with Crippen molar-refractivity contribution in [1.29, 1.82) is 0 Å². The van der Waals surface area contributed by atoms with Crippen LogP contribution in [0, 0.1) is 0 Å². The zero-order valence-electron chi connectivity index (χ0n) is 12.6. The molecule has 0 saturated carbocycles. The molecule has 0 atom stereocenters. The molecule has 0 fully saturated rings. The number of carbonyl (C=O) groups is 1. The van der Waals surface area contributed by atoms with Crippen LogP contribution in [-0.4, -0.2) is 18.4 Å². The monoisotopic (exact) mass is 309 g/mol. The minimum Gasteiger partial charge on any atom is -0.493 e. The molecule has 0 bridgehead atoms. The van der Waals surface area contributed by atoms with Gasteiger partial charge in [-0.15, -0.1) is 0 Å². The van der Waals surface area contributed by atoms with E-state index in [0.29, 0.717) is 28.6 Å². The molecule has 0 saturated heterocycles. The Hall–Kier alpha value is -3.08. The molecule has 3 aromatic rings. The van der Waals surface area contributed by atoms with Crippen molar-refractivity contribution in [3.63, 3.8) is 0 Å². The van der Waals surface area contributed by atoms with Crippen molar-refractivity contribution in [3.05, 3.63) is 66.1 Å². The Labute approximate surface area is 133 Å². The molecule has 5 nitrogen and oxygen atoms in total. The van der Waals surface area contributed by atoms with Crippen LogP contribution < -0.4 is 9.47 Å². The van der Waals surface area contributed by atoms with Crippen LogP contribution in [0.25, 0.3) is 11.5 Å². The van der Waals surface area contributed by atoms with Gasteiger partial charge >= 0.3 is 0 Å². The standard InChI is InChI=1S/C18H15NO4/c1-21-17-9-13(10-20)7-8-16(17)22-11-15-12-23-18(19-15)14-5-3-2-4-6-14/h2-10,12H,11H2,1H3. The fourth-order valence-electron chi connectivity index (χ4n) is 2.12. The molecule has 116 valence electrons. The Morgan fingerprint density at radius 3 is 2.70 bits per heavy atom. The van der Waals surface area contributed by atoms with Gasteiger partial charge in [0.25, 0.3) is 0 Å². The number of hydrogen-bond donors (Lipinski definition) is 0. The topological polar surface area (TPSA) is 61.6 Å². The number of ether oxygens (including phenoxy) is 2. The summed E-state index contributed by atoms with van der Waals surface area (Å²) in [6, 6.07) is 14.6. The van der Waals surface area contributed by atoms with E-state index in [1.807, 2.05) is 30.3 Å². The maximum Gasteiger partial charge on any atom is 0.226 e. The number of nitrogens with zero attached hydrogens (tertiary/aromatic N) is 1. The first-order valence-corrected chi connectivity index (χ1v) is 7.06. The summed E-state index contributed by atoms with van der Waals surface area (Å²) in [4.78, 5) is 15.2. The first kappa shape index (κ1) is 14.8. The summed E-state index contributed by atoms with van der Waals surface area (Å²) < 4.78 is 16.4. The third-order valence-corrected chi connectivity index (χ3v) is 3.27. The Balaban J connectivity index is 1.72. The molecule has 0 unspecified atom stereocenters. The van der Waals surface area contributed by atoms with Crippen LogP contribution in [0.4, 0.5) is 0 Å². The quantitative estimate of drug-likeness (QED) is 0.649. The smallest absolute Gasteiger partial charge is 0.226 e. The minimum atomic E-state index is 0.243.